The van der Waals surface area contributed by atoms with E-state index in [2.05, 4.69) is 21.2 Å². The third-order valence-electron chi connectivity index (χ3n) is 3.10. The monoisotopic (exact) mass is 359 g/mol. The zero-order chi connectivity index (χ0) is 13.4. The maximum absolute atomic E-state index is 6.24. The van der Waals surface area contributed by atoms with Crippen LogP contribution in [0.1, 0.15) is 18.6 Å². The van der Waals surface area contributed by atoms with Crippen molar-refractivity contribution in [3.05, 3.63) is 44.5 Å². The molecule has 1 heterocycles. The summed E-state index contributed by atoms with van der Waals surface area (Å²) in [4.78, 5) is 0. The van der Waals surface area contributed by atoms with Crippen molar-refractivity contribution in [2.24, 2.45) is 0 Å². The Morgan fingerprint density at radius 1 is 1.16 bits per heavy atom. The minimum absolute atomic E-state index is 0.507. The summed E-state index contributed by atoms with van der Waals surface area (Å²) >= 11 is 15.7. The molecule has 0 unspecified atom stereocenters. The molecule has 1 N–H and O–H groups in total. The Labute approximate surface area is 130 Å². The quantitative estimate of drug-likeness (QED) is 0.751. The molecule has 1 aromatic carbocycles. The highest BCUT2D eigenvalue weighted by Crippen LogP contribution is 2.38. The SMILES string of the molecule is Clc1c(Br)ccc(-c2ccc(CNC3CC3)o2)c1Cl. The molecular formula is C14H12BrCl2NO. The van der Waals surface area contributed by atoms with E-state index in [0.717, 1.165) is 28.1 Å². The summed E-state index contributed by atoms with van der Waals surface area (Å²) in [7, 11) is 0. The number of rotatable bonds is 4. The molecule has 1 aliphatic carbocycles. The normalized spacial score (nSPS) is 14.9. The van der Waals surface area contributed by atoms with Crippen LogP contribution < -0.4 is 5.32 Å². The van der Waals surface area contributed by atoms with Crippen LogP contribution in [0, 0.1) is 0 Å². The van der Waals surface area contributed by atoms with Gasteiger partial charge < -0.3 is 9.73 Å². The second-order valence-electron chi connectivity index (χ2n) is 4.64. The molecule has 19 heavy (non-hydrogen) atoms. The summed E-state index contributed by atoms with van der Waals surface area (Å²) in [6.07, 6.45) is 2.53. The maximum Gasteiger partial charge on any atom is 0.135 e. The van der Waals surface area contributed by atoms with Crippen molar-refractivity contribution in [2.45, 2.75) is 25.4 Å². The highest BCUT2D eigenvalue weighted by atomic mass is 79.9. The third kappa shape index (κ3) is 3.00. The predicted octanol–water partition coefficient (Wildman–Crippen LogP) is 5.27. The van der Waals surface area contributed by atoms with Crippen molar-refractivity contribution in [1.82, 2.24) is 5.32 Å². The van der Waals surface area contributed by atoms with Crippen molar-refractivity contribution < 1.29 is 4.42 Å². The second-order valence-corrected chi connectivity index (χ2v) is 6.25. The fraction of sp³-hybridized carbons (Fsp3) is 0.286. The third-order valence-corrected chi connectivity index (χ3v) is 4.88. The van der Waals surface area contributed by atoms with Crippen LogP contribution in [0.25, 0.3) is 11.3 Å². The van der Waals surface area contributed by atoms with Gasteiger partial charge in [0.2, 0.25) is 0 Å². The maximum atomic E-state index is 6.24. The van der Waals surface area contributed by atoms with Crippen LogP contribution in [0.5, 0.6) is 0 Å². The van der Waals surface area contributed by atoms with Crippen LogP contribution in [0.4, 0.5) is 0 Å². The van der Waals surface area contributed by atoms with Gasteiger partial charge >= 0.3 is 0 Å². The Balaban J connectivity index is 1.83. The zero-order valence-corrected chi connectivity index (χ0v) is 13.1. The Morgan fingerprint density at radius 3 is 2.68 bits per heavy atom. The number of benzene rings is 1. The van der Waals surface area contributed by atoms with E-state index in [4.69, 9.17) is 27.6 Å². The lowest BCUT2D eigenvalue weighted by Gasteiger charge is -2.05. The molecule has 0 amide bonds. The van der Waals surface area contributed by atoms with E-state index in [0.29, 0.717) is 16.1 Å². The predicted molar refractivity (Wildman–Crippen MR) is 81.7 cm³/mol. The minimum Gasteiger partial charge on any atom is -0.460 e. The van der Waals surface area contributed by atoms with Crippen molar-refractivity contribution in [3.63, 3.8) is 0 Å². The molecule has 0 spiro atoms. The average Bonchev–Trinajstić information content (AvgIpc) is 3.12. The molecule has 3 rings (SSSR count). The largest absolute Gasteiger partial charge is 0.460 e. The molecule has 0 saturated heterocycles. The van der Waals surface area contributed by atoms with Gasteiger partial charge in [0.1, 0.15) is 11.5 Å². The van der Waals surface area contributed by atoms with Gasteiger partial charge in [0.15, 0.2) is 0 Å². The molecule has 1 aromatic heterocycles. The molecule has 2 nitrogen and oxygen atoms in total. The smallest absolute Gasteiger partial charge is 0.135 e. The molecule has 0 radical (unpaired) electrons. The Kier molecular flexibility index (Phi) is 3.90. The Hall–Kier alpha value is -0.480. The molecule has 1 saturated carbocycles. The molecule has 5 heteroatoms. The second kappa shape index (κ2) is 5.49. The van der Waals surface area contributed by atoms with E-state index in [1.54, 1.807) is 0 Å². The molecule has 1 aliphatic rings. The molecular weight excluding hydrogens is 349 g/mol. The van der Waals surface area contributed by atoms with Gasteiger partial charge in [-0.15, -0.1) is 0 Å². The summed E-state index contributed by atoms with van der Waals surface area (Å²) in [5.74, 6) is 1.66. The number of nitrogens with one attached hydrogen (secondary N) is 1. The van der Waals surface area contributed by atoms with E-state index >= 15 is 0 Å². The van der Waals surface area contributed by atoms with Crippen molar-refractivity contribution in [2.75, 3.05) is 0 Å². The first-order valence-corrected chi connectivity index (χ1v) is 7.66. The van der Waals surface area contributed by atoms with Crippen LogP contribution >= 0.6 is 39.1 Å². The number of furan rings is 1. The first-order valence-electron chi connectivity index (χ1n) is 6.11. The van der Waals surface area contributed by atoms with Crippen LogP contribution in [-0.4, -0.2) is 6.04 Å². The van der Waals surface area contributed by atoms with Gasteiger partial charge in [0.05, 0.1) is 16.6 Å². The first-order chi connectivity index (χ1) is 9.15. The summed E-state index contributed by atoms with van der Waals surface area (Å²) in [6, 6.07) is 8.33. The van der Waals surface area contributed by atoms with Gasteiger partial charge in [-0.2, -0.15) is 0 Å². The Bertz CT molecular complexity index is 607. The zero-order valence-electron chi connectivity index (χ0n) is 10.1. The summed E-state index contributed by atoms with van der Waals surface area (Å²) in [5, 5.41) is 4.43. The highest BCUT2D eigenvalue weighted by Gasteiger charge is 2.20. The van der Waals surface area contributed by atoms with Gasteiger partial charge in [-0.25, -0.2) is 0 Å². The lowest BCUT2D eigenvalue weighted by Crippen LogP contribution is -2.14. The van der Waals surface area contributed by atoms with Crippen molar-refractivity contribution >= 4 is 39.1 Å². The van der Waals surface area contributed by atoms with Gasteiger partial charge in [0.25, 0.3) is 0 Å². The Morgan fingerprint density at radius 2 is 1.95 bits per heavy atom. The van der Waals surface area contributed by atoms with Crippen molar-refractivity contribution in [3.8, 4) is 11.3 Å². The van der Waals surface area contributed by atoms with E-state index in [1.165, 1.54) is 12.8 Å². The fourth-order valence-corrected chi connectivity index (χ4v) is 2.73. The highest BCUT2D eigenvalue weighted by molar-refractivity contribution is 9.10. The molecule has 0 atom stereocenters. The van der Waals surface area contributed by atoms with Crippen LogP contribution in [0.15, 0.2) is 33.2 Å². The van der Waals surface area contributed by atoms with Gasteiger partial charge in [0, 0.05) is 16.1 Å². The summed E-state index contributed by atoms with van der Waals surface area (Å²) in [5.41, 5.74) is 0.813. The van der Waals surface area contributed by atoms with E-state index in [1.807, 2.05) is 24.3 Å². The molecule has 100 valence electrons. The topological polar surface area (TPSA) is 25.2 Å². The van der Waals surface area contributed by atoms with E-state index in [-0.39, 0.29) is 0 Å². The number of hydrogen-bond donors (Lipinski definition) is 1. The van der Waals surface area contributed by atoms with Gasteiger partial charge in [-0.05, 0) is 53.0 Å². The minimum atomic E-state index is 0.507. The van der Waals surface area contributed by atoms with Crippen LogP contribution in [-0.2, 0) is 6.54 Å². The first kappa shape index (κ1) is 13.5. The standard InChI is InChI=1S/C14H12BrCl2NO/c15-11-5-4-10(13(16)14(11)17)12-6-3-9(19-12)7-18-8-1-2-8/h3-6,8,18H,1-2,7H2. The number of halogens is 3. The lowest BCUT2D eigenvalue weighted by molar-refractivity contribution is 0.492. The van der Waals surface area contributed by atoms with E-state index in [9.17, 15) is 0 Å². The fourth-order valence-electron chi connectivity index (χ4n) is 1.87. The van der Waals surface area contributed by atoms with Crippen molar-refractivity contribution in [1.29, 1.82) is 0 Å². The molecule has 1 fully saturated rings. The van der Waals surface area contributed by atoms with Crippen LogP contribution in [0.2, 0.25) is 10.0 Å². The molecule has 0 aliphatic heterocycles. The van der Waals surface area contributed by atoms with Gasteiger partial charge in [-0.1, -0.05) is 23.2 Å². The molecule has 0 bridgehead atoms. The van der Waals surface area contributed by atoms with E-state index < -0.39 is 0 Å². The average molecular weight is 361 g/mol. The van der Waals surface area contributed by atoms with Crippen LogP contribution in [0.3, 0.4) is 0 Å². The summed E-state index contributed by atoms with van der Waals surface area (Å²) < 4.78 is 6.59. The van der Waals surface area contributed by atoms with Gasteiger partial charge in [-0.3, -0.25) is 0 Å². The molecule has 2 aromatic rings. The lowest BCUT2D eigenvalue weighted by atomic mass is 10.2. The summed E-state index contributed by atoms with van der Waals surface area (Å²) in [6.45, 7) is 0.756. The number of hydrogen-bond acceptors (Lipinski definition) is 2.